The molecule has 0 bridgehead atoms. The van der Waals surface area contributed by atoms with Crippen LogP contribution in [0.15, 0.2) is 6.33 Å². The Morgan fingerprint density at radius 2 is 1.84 bits per heavy atom. The summed E-state index contributed by atoms with van der Waals surface area (Å²) in [5.41, 5.74) is 0. The minimum Gasteiger partial charge on any atom is -0.468 e. The van der Waals surface area contributed by atoms with Gasteiger partial charge in [0.1, 0.15) is 12.2 Å². The summed E-state index contributed by atoms with van der Waals surface area (Å²) in [4.78, 5) is 27.3. The summed E-state index contributed by atoms with van der Waals surface area (Å²) in [7, 11) is 2.47. The summed E-state index contributed by atoms with van der Waals surface area (Å²) in [5.74, 6) is -1.33. The number of aromatic nitrogens is 3. The fraction of sp³-hybridized carbons (Fsp3) is 0.667. The van der Waals surface area contributed by atoms with Gasteiger partial charge >= 0.3 is 11.9 Å². The van der Waals surface area contributed by atoms with Crippen LogP contribution < -0.4 is 0 Å². The molecule has 0 unspecified atom stereocenters. The predicted octanol–water partition coefficient (Wildman–Crippen LogP) is 0.439. The first-order valence-electron chi connectivity index (χ1n) is 6.01. The van der Waals surface area contributed by atoms with Gasteiger partial charge in [-0.3, -0.25) is 9.59 Å². The fourth-order valence-corrected chi connectivity index (χ4v) is 1.67. The van der Waals surface area contributed by atoms with E-state index >= 15 is 0 Å². The smallest absolute Gasteiger partial charge is 0.320 e. The van der Waals surface area contributed by atoms with E-state index in [9.17, 15) is 9.59 Å². The lowest BCUT2D eigenvalue weighted by atomic mass is 10.1. The average Bonchev–Trinajstić information content (AvgIpc) is 2.80. The van der Waals surface area contributed by atoms with E-state index in [2.05, 4.69) is 19.6 Å². The average molecular weight is 269 g/mol. The van der Waals surface area contributed by atoms with Crippen LogP contribution in [0, 0.1) is 11.8 Å². The van der Waals surface area contributed by atoms with Gasteiger partial charge in [0.2, 0.25) is 0 Å². The number of esters is 2. The maximum absolute atomic E-state index is 11.6. The van der Waals surface area contributed by atoms with Crippen LogP contribution >= 0.6 is 0 Å². The maximum atomic E-state index is 11.6. The normalized spacial score (nSPS) is 10.8. The van der Waals surface area contributed by atoms with Gasteiger partial charge in [-0.05, 0) is 5.92 Å². The molecular weight excluding hydrogens is 250 g/mol. The molecule has 0 saturated heterocycles. The summed E-state index contributed by atoms with van der Waals surface area (Å²) in [5, 5.41) is 4.08. The molecule has 0 aliphatic heterocycles. The van der Waals surface area contributed by atoms with Crippen molar-refractivity contribution in [2.24, 2.45) is 11.8 Å². The lowest BCUT2D eigenvalue weighted by molar-refractivity contribution is -0.158. The van der Waals surface area contributed by atoms with Gasteiger partial charge in [-0.2, -0.15) is 5.10 Å². The number of rotatable bonds is 6. The van der Waals surface area contributed by atoms with E-state index in [1.165, 1.54) is 20.5 Å². The van der Waals surface area contributed by atoms with E-state index in [1.807, 2.05) is 13.8 Å². The van der Waals surface area contributed by atoms with Crippen LogP contribution in [-0.4, -0.2) is 40.9 Å². The number of hydrogen-bond acceptors (Lipinski definition) is 6. The first-order valence-corrected chi connectivity index (χ1v) is 6.01. The number of carbonyl (C=O) groups excluding carboxylic acids is 2. The summed E-state index contributed by atoms with van der Waals surface area (Å²) in [6, 6.07) is 0. The highest BCUT2D eigenvalue weighted by Gasteiger charge is 2.30. The van der Waals surface area contributed by atoms with Gasteiger partial charge in [-0.15, -0.1) is 0 Å². The van der Waals surface area contributed by atoms with Crippen molar-refractivity contribution in [3.8, 4) is 0 Å². The van der Waals surface area contributed by atoms with Crippen LogP contribution in [0.5, 0.6) is 0 Å². The molecule has 19 heavy (non-hydrogen) atoms. The molecule has 106 valence electrons. The topological polar surface area (TPSA) is 83.3 Å². The quantitative estimate of drug-likeness (QED) is 0.550. The molecule has 0 atom stereocenters. The van der Waals surface area contributed by atoms with Gasteiger partial charge in [-0.25, -0.2) is 9.67 Å². The lowest BCUT2D eigenvalue weighted by Gasteiger charge is -2.13. The second-order valence-corrected chi connectivity index (χ2v) is 4.56. The molecule has 0 aliphatic carbocycles. The first-order chi connectivity index (χ1) is 8.99. The predicted molar refractivity (Wildman–Crippen MR) is 66.1 cm³/mol. The van der Waals surface area contributed by atoms with Crippen LogP contribution in [-0.2, 0) is 32.0 Å². The Morgan fingerprint density at radius 3 is 2.32 bits per heavy atom. The van der Waals surface area contributed by atoms with Crippen molar-refractivity contribution in [2.75, 3.05) is 14.2 Å². The van der Waals surface area contributed by atoms with Gasteiger partial charge in [0, 0.05) is 13.0 Å². The van der Waals surface area contributed by atoms with Gasteiger partial charge in [0.05, 0.1) is 14.2 Å². The molecule has 0 amide bonds. The SMILES string of the molecule is COC(=O)C(Cc1ncnn1CC(C)C)C(=O)OC. The molecule has 0 radical (unpaired) electrons. The Labute approximate surface area is 111 Å². The maximum Gasteiger partial charge on any atom is 0.320 e. The molecule has 1 rings (SSSR count). The highest BCUT2D eigenvalue weighted by Crippen LogP contribution is 2.11. The molecule has 0 N–H and O–H groups in total. The molecule has 0 fully saturated rings. The third kappa shape index (κ3) is 4.04. The largest absolute Gasteiger partial charge is 0.468 e. The van der Waals surface area contributed by atoms with Crippen molar-refractivity contribution in [3.63, 3.8) is 0 Å². The second-order valence-electron chi connectivity index (χ2n) is 4.56. The zero-order valence-electron chi connectivity index (χ0n) is 11.6. The zero-order valence-corrected chi connectivity index (χ0v) is 11.6. The van der Waals surface area contributed by atoms with Crippen molar-refractivity contribution in [1.29, 1.82) is 0 Å². The Bertz CT molecular complexity index is 426. The second kappa shape index (κ2) is 6.86. The fourth-order valence-electron chi connectivity index (χ4n) is 1.67. The highest BCUT2D eigenvalue weighted by molar-refractivity contribution is 5.95. The summed E-state index contributed by atoms with van der Waals surface area (Å²) >= 11 is 0. The van der Waals surface area contributed by atoms with Crippen molar-refractivity contribution in [2.45, 2.75) is 26.8 Å². The zero-order chi connectivity index (χ0) is 14.4. The van der Waals surface area contributed by atoms with Gasteiger partial charge < -0.3 is 9.47 Å². The Hall–Kier alpha value is -1.92. The van der Waals surface area contributed by atoms with Crippen LogP contribution in [0.25, 0.3) is 0 Å². The number of nitrogens with zero attached hydrogens (tertiary/aromatic N) is 3. The first kappa shape index (κ1) is 15.1. The summed E-state index contributed by atoms with van der Waals surface area (Å²) < 4.78 is 10.9. The van der Waals surface area contributed by atoms with Crippen LogP contribution in [0.1, 0.15) is 19.7 Å². The molecular formula is C12H19N3O4. The minimum absolute atomic E-state index is 0.117. The molecule has 7 heteroatoms. The van der Waals surface area contributed by atoms with Gasteiger partial charge in [-0.1, -0.05) is 13.8 Å². The molecule has 7 nitrogen and oxygen atoms in total. The van der Waals surface area contributed by atoms with Crippen molar-refractivity contribution in [1.82, 2.24) is 14.8 Å². The third-order valence-electron chi connectivity index (χ3n) is 2.59. The number of hydrogen-bond donors (Lipinski definition) is 0. The Balaban J connectivity index is 2.87. The lowest BCUT2D eigenvalue weighted by Crippen LogP contribution is -2.30. The highest BCUT2D eigenvalue weighted by atomic mass is 16.5. The van der Waals surface area contributed by atoms with Crippen molar-refractivity contribution < 1.29 is 19.1 Å². The van der Waals surface area contributed by atoms with E-state index in [-0.39, 0.29) is 6.42 Å². The molecule has 0 spiro atoms. The summed E-state index contributed by atoms with van der Waals surface area (Å²) in [6.07, 6.45) is 1.52. The monoisotopic (exact) mass is 269 g/mol. The van der Waals surface area contributed by atoms with Crippen molar-refractivity contribution >= 4 is 11.9 Å². The minimum atomic E-state index is -1.01. The number of ether oxygens (including phenoxy) is 2. The molecule has 1 aromatic rings. The van der Waals surface area contributed by atoms with Crippen LogP contribution in [0.4, 0.5) is 0 Å². The van der Waals surface area contributed by atoms with E-state index in [0.29, 0.717) is 18.3 Å². The molecule has 1 heterocycles. The molecule has 0 aromatic carbocycles. The number of methoxy groups -OCH3 is 2. The van der Waals surface area contributed by atoms with Gasteiger partial charge in [0.25, 0.3) is 0 Å². The van der Waals surface area contributed by atoms with E-state index in [4.69, 9.17) is 0 Å². The van der Waals surface area contributed by atoms with Crippen molar-refractivity contribution in [3.05, 3.63) is 12.2 Å². The van der Waals surface area contributed by atoms with Gasteiger partial charge in [0.15, 0.2) is 5.92 Å². The molecule has 1 aromatic heterocycles. The van der Waals surface area contributed by atoms with E-state index in [0.717, 1.165) is 0 Å². The standard InChI is InChI=1S/C12H19N3O4/c1-8(2)6-15-10(13-7-14-15)5-9(11(16)18-3)12(17)19-4/h7-9H,5-6H2,1-4H3. The Kier molecular flexibility index (Phi) is 5.47. The van der Waals surface area contributed by atoms with E-state index < -0.39 is 17.9 Å². The van der Waals surface area contributed by atoms with E-state index in [1.54, 1.807) is 4.68 Å². The number of carbonyl (C=O) groups is 2. The van der Waals surface area contributed by atoms with Crippen LogP contribution in [0.2, 0.25) is 0 Å². The molecule has 0 aliphatic rings. The third-order valence-corrected chi connectivity index (χ3v) is 2.59. The summed E-state index contributed by atoms with van der Waals surface area (Å²) in [6.45, 7) is 4.76. The Morgan fingerprint density at radius 1 is 1.26 bits per heavy atom. The molecule has 0 saturated carbocycles. The van der Waals surface area contributed by atoms with Crippen LogP contribution in [0.3, 0.4) is 0 Å².